The molecule has 0 saturated carbocycles. The number of cyclic esters (lactones) is 2. The van der Waals surface area contributed by atoms with E-state index in [1.807, 2.05) is 24.3 Å². The third-order valence-electron chi connectivity index (χ3n) is 3.46. The van der Waals surface area contributed by atoms with Gasteiger partial charge in [-0.25, -0.2) is 0 Å². The van der Waals surface area contributed by atoms with Crippen molar-refractivity contribution in [3.63, 3.8) is 0 Å². The van der Waals surface area contributed by atoms with E-state index in [0.717, 1.165) is 5.32 Å². The van der Waals surface area contributed by atoms with E-state index in [0.29, 0.717) is 12.0 Å². The molecule has 2 atom stereocenters. The van der Waals surface area contributed by atoms with Gasteiger partial charge in [0.1, 0.15) is 0 Å². The molecule has 0 radical (unpaired) electrons. The van der Waals surface area contributed by atoms with Crippen LogP contribution in [0.3, 0.4) is 0 Å². The minimum absolute atomic E-state index is 0.254. The summed E-state index contributed by atoms with van der Waals surface area (Å²) in [7, 11) is 0. The van der Waals surface area contributed by atoms with Crippen molar-refractivity contribution >= 4 is 31.4 Å². The van der Waals surface area contributed by atoms with Crippen LogP contribution in [0.15, 0.2) is 60.7 Å². The first kappa shape index (κ1) is 15.8. The zero-order chi connectivity index (χ0) is 16.1. The van der Waals surface area contributed by atoms with Gasteiger partial charge in [0.25, 0.3) is 0 Å². The second-order valence-corrected chi connectivity index (χ2v) is 7.55. The molecule has 0 amide bonds. The number of hydrogen-bond acceptors (Lipinski definition) is 4. The molecule has 3 rings (SSSR count). The van der Waals surface area contributed by atoms with Gasteiger partial charge in [0.15, 0.2) is 0 Å². The zero-order valence-electron chi connectivity index (χ0n) is 12.4. The Bertz CT molecular complexity index is 672. The third kappa shape index (κ3) is 4.00. The number of benzene rings is 2. The molecule has 23 heavy (non-hydrogen) atoms. The number of hydrogen-bond donors (Lipinski definition) is 0. The number of ether oxygens (including phenoxy) is 2. The van der Waals surface area contributed by atoms with E-state index in [9.17, 15) is 9.59 Å². The molecule has 0 bridgehead atoms. The van der Waals surface area contributed by atoms with E-state index in [-0.39, 0.29) is 15.0 Å². The fraction of sp³-hybridized carbons (Fsp3) is 0.222. The van der Waals surface area contributed by atoms with Gasteiger partial charge in [-0.15, -0.1) is 0 Å². The molecule has 0 aromatic heterocycles. The van der Waals surface area contributed by atoms with Crippen molar-refractivity contribution in [1.29, 1.82) is 0 Å². The van der Waals surface area contributed by atoms with E-state index in [1.54, 1.807) is 24.3 Å². The standard InChI is InChI=1S/C18H16O4Se/c19-17-15(11-12-23-14-9-5-2-6-10-14)21-18(20)16(22-17)13-7-3-1-4-8-13/h1-10,15-16H,11-12H2/t15-,16+/m1/s1. The van der Waals surface area contributed by atoms with E-state index < -0.39 is 24.1 Å². The molecule has 0 N–H and O–H groups in total. The van der Waals surface area contributed by atoms with Gasteiger partial charge in [-0.1, -0.05) is 0 Å². The summed E-state index contributed by atoms with van der Waals surface area (Å²) in [5.74, 6) is -0.949. The molecule has 5 heteroatoms. The molecular weight excluding hydrogens is 359 g/mol. The van der Waals surface area contributed by atoms with Gasteiger partial charge < -0.3 is 0 Å². The van der Waals surface area contributed by atoms with Crippen LogP contribution in [0.4, 0.5) is 0 Å². The molecule has 2 aromatic rings. The molecule has 0 unspecified atom stereocenters. The quantitative estimate of drug-likeness (QED) is 0.593. The van der Waals surface area contributed by atoms with Crippen LogP contribution in [-0.4, -0.2) is 33.0 Å². The number of carbonyl (C=O) groups is 2. The molecule has 0 aliphatic carbocycles. The van der Waals surface area contributed by atoms with Gasteiger partial charge in [-0.2, -0.15) is 0 Å². The second kappa shape index (κ2) is 7.44. The SMILES string of the molecule is O=C1O[C@H](CC[Se]c2ccccc2)C(=O)O[C@H]1c1ccccc1. The van der Waals surface area contributed by atoms with Gasteiger partial charge in [-0.05, 0) is 0 Å². The summed E-state index contributed by atoms with van der Waals surface area (Å²) in [4.78, 5) is 24.2. The topological polar surface area (TPSA) is 52.6 Å². The Kier molecular flexibility index (Phi) is 5.11. The summed E-state index contributed by atoms with van der Waals surface area (Å²) in [5, 5.41) is 0.820. The van der Waals surface area contributed by atoms with Crippen LogP contribution in [0.25, 0.3) is 0 Å². The average molecular weight is 375 g/mol. The van der Waals surface area contributed by atoms with Gasteiger partial charge >= 0.3 is 141 Å². The predicted octanol–water partition coefficient (Wildman–Crippen LogP) is 2.03. The van der Waals surface area contributed by atoms with Crippen LogP contribution < -0.4 is 4.46 Å². The van der Waals surface area contributed by atoms with Crippen LogP contribution in [-0.2, 0) is 19.1 Å². The fourth-order valence-corrected chi connectivity index (χ4v) is 4.22. The fourth-order valence-electron chi connectivity index (χ4n) is 2.30. The third-order valence-corrected chi connectivity index (χ3v) is 5.66. The molecule has 0 spiro atoms. The number of rotatable bonds is 5. The summed E-state index contributed by atoms with van der Waals surface area (Å²) in [6, 6.07) is 19.0. The summed E-state index contributed by atoms with van der Waals surface area (Å²) < 4.78 is 11.9. The van der Waals surface area contributed by atoms with Crippen molar-refractivity contribution in [2.24, 2.45) is 0 Å². The zero-order valence-corrected chi connectivity index (χ0v) is 14.1. The van der Waals surface area contributed by atoms with Gasteiger partial charge in [0, 0.05) is 0 Å². The molecule has 1 heterocycles. The first-order valence-corrected chi connectivity index (χ1v) is 9.44. The molecule has 1 fully saturated rings. The Morgan fingerprint density at radius 1 is 0.826 bits per heavy atom. The average Bonchev–Trinajstić information content (AvgIpc) is 2.59. The first-order valence-electron chi connectivity index (χ1n) is 7.38. The van der Waals surface area contributed by atoms with Gasteiger partial charge in [0.2, 0.25) is 0 Å². The van der Waals surface area contributed by atoms with Crippen LogP contribution in [0.1, 0.15) is 18.1 Å². The van der Waals surface area contributed by atoms with Crippen molar-refractivity contribution < 1.29 is 19.1 Å². The van der Waals surface area contributed by atoms with Crippen LogP contribution in [0, 0.1) is 0 Å². The maximum absolute atomic E-state index is 12.1. The summed E-state index contributed by atoms with van der Waals surface area (Å²) >= 11 is 0.254. The normalized spacial score (nSPS) is 20.7. The molecule has 4 nitrogen and oxygen atoms in total. The van der Waals surface area contributed by atoms with E-state index in [2.05, 4.69) is 12.1 Å². The van der Waals surface area contributed by atoms with Crippen LogP contribution >= 0.6 is 0 Å². The molecule has 118 valence electrons. The van der Waals surface area contributed by atoms with Crippen molar-refractivity contribution in [3.05, 3.63) is 66.2 Å². The van der Waals surface area contributed by atoms with E-state index in [4.69, 9.17) is 9.47 Å². The van der Waals surface area contributed by atoms with Crippen molar-refractivity contribution in [3.8, 4) is 0 Å². The van der Waals surface area contributed by atoms with Gasteiger partial charge in [-0.3, -0.25) is 0 Å². The number of esters is 2. The van der Waals surface area contributed by atoms with Crippen LogP contribution in [0.2, 0.25) is 5.32 Å². The summed E-state index contributed by atoms with van der Waals surface area (Å²) in [6.45, 7) is 0. The Labute approximate surface area is 141 Å². The second-order valence-electron chi connectivity index (χ2n) is 5.10. The summed E-state index contributed by atoms with van der Waals surface area (Å²) in [5.41, 5.74) is 0.637. The van der Waals surface area contributed by atoms with Gasteiger partial charge in [0.05, 0.1) is 0 Å². The molecular formula is C18H16O4Se. The van der Waals surface area contributed by atoms with Crippen molar-refractivity contribution in [2.45, 2.75) is 23.9 Å². The monoisotopic (exact) mass is 376 g/mol. The Morgan fingerprint density at radius 2 is 1.48 bits per heavy atom. The Morgan fingerprint density at radius 3 is 2.17 bits per heavy atom. The molecule has 2 aromatic carbocycles. The minimum atomic E-state index is -0.945. The molecule has 1 aliphatic rings. The first-order chi connectivity index (χ1) is 11.2. The van der Waals surface area contributed by atoms with Crippen molar-refractivity contribution in [1.82, 2.24) is 0 Å². The molecule has 1 saturated heterocycles. The maximum atomic E-state index is 12.1. The molecule has 1 aliphatic heterocycles. The Hall–Kier alpha value is -2.10. The van der Waals surface area contributed by atoms with E-state index >= 15 is 0 Å². The van der Waals surface area contributed by atoms with Crippen molar-refractivity contribution in [2.75, 3.05) is 0 Å². The van der Waals surface area contributed by atoms with Crippen LogP contribution in [0.5, 0.6) is 0 Å². The van der Waals surface area contributed by atoms with E-state index in [1.165, 1.54) is 4.46 Å². The number of carbonyl (C=O) groups excluding carboxylic acids is 2. The summed E-state index contributed by atoms with van der Waals surface area (Å²) in [6.07, 6.45) is -1.23. The predicted molar refractivity (Wildman–Crippen MR) is 86.4 cm³/mol. The Balaban J connectivity index is 1.55.